The van der Waals surface area contributed by atoms with E-state index in [1.807, 2.05) is 23.6 Å². The number of fused-ring (bicyclic) bond motifs is 1. The summed E-state index contributed by atoms with van der Waals surface area (Å²) in [6.45, 7) is 7.14. The van der Waals surface area contributed by atoms with E-state index in [1.165, 1.54) is 4.90 Å². The summed E-state index contributed by atoms with van der Waals surface area (Å²) in [6, 6.07) is 7.12. The van der Waals surface area contributed by atoms with Crippen molar-refractivity contribution >= 4 is 23.6 Å². The van der Waals surface area contributed by atoms with Gasteiger partial charge in [0.05, 0.1) is 18.3 Å². The third kappa shape index (κ3) is 4.14. The Hall–Kier alpha value is -2.54. The molecule has 1 aromatic carbocycles. The number of carboxylic acid groups (broad SMARTS) is 1. The molecular formula is C20H25ClN4O3. The summed E-state index contributed by atoms with van der Waals surface area (Å²) in [7, 11) is 0. The Balaban J connectivity index is 2.02. The summed E-state index contributed by atoms with van der Waals surface area (Å²) in [5, 5.41) is 13.0. The summed E-state index contributed by atoms with van der Waals surface area (Å²) in [4.78, 5) is 30.3. The SMILES string of the molecule is CC(C)CCNC(=O)c1nc(-c2ccc(Cl)cc2)n2c1CN(C(=O)O)CC2C. The number of hydrogen-bond donors (Lipinski definition) is 2. The Kier molecular flexibility index (Phi) is 5.93. The molecule has 7 nitrogen and oxygen atoms in total. The van der Waals surface area contributed by atoms with E-state index in [0.29, 0.717) is 35.5 Å². The molecule has 0 radical (unpaired) electrons. The maximum atomic E-state index is 12.8. The average Bonchev–Trinajstić information content (AvgIpc) is 3.02. The third-order valence-corrected chi connectivity index (χ3v) is 5.12. The lowest BCUT2D eigenvalue weighted by Crippen LogP contribution is -2.40. The van der Waals surface area contributed by atoms with Crippen molar-refractivity contribution in [2.24, 2.45) is 5.92 Å². The van der Waals surface area contributed by atoms with Crippen LogP contribution in [0.4, 0.5) is 4.79 Å². The minimum atomic E-state index is -1.00. The van der Waals surface area contributed by atoms with Gasteiger partial charge in [0.25, 0.3) is 5.91 Å². The third-order valence-electron chi connectivity index (χ3n) is 4.87. The van der Waals surface area contributed by atoms with Crippen LogP contribution < -0.4 is 5.32 Å². The van der Waals surface area contributed by atoms with E-state index in [-0.39, 0.29) is 24.2 Å². The lowest BCUT2D eigenvalue weighted by molar-refractivity contribution is 0.0939. The summed E-state index contributed by atoms with van der Waals surface area (Å²) in [6.07, 6.45) is -0.137. The molecule has 0 spiro atoms. The second-order valence-corrected chi connectivity index (χ2v) is 7.99. The maximum Gasteiger partial charge on any atom is 0.407 e. The molecule has 1 aliphatic heterocycles. The molecule has 1 aromatic heterocycles. The van der Waals surface area contributed by atoms with Crippen molar-refractivity contribution in [2.45, 2.75) is 39.8 Å². The highest BCUT2D eigenvalue weighted by Crippen LogP contribution is 2.32. The van der Waals surface area contributed by atoms with Crippen LogP contribution >= 0.6 is 11.6 Å². The van der Waals surface area contributed by atoms with Crippen LogP contribution in [0.25, 0.3) is 11.4 Å². The lowest BCUT2D eigenvalue weighted by Gasteiger charge is -2.32. The first-order valence-electron chi connectivity index (χ1n) is 9.41. The highest BCUT2D eigenvalue weighted by molar-refractivity contribution is 6.30. The highest BCUT2D eigenvalue weighted by Gasteiger charge is 2.33. The van der Waals surface area contributed by atoms with Gasteiger partial charge in [-0.1, -0.05) is 25.4 Å². The van der Waals surface area contributed by atoms with Crippen molar-refractivity contribution in [3.05, 3.63) is 40.7 Å². The van der Waals surface area contributed by atoms with Gasteiger partial charge in [-0.05, 0) is 43.5 Å². The Labute approximate surface area is 169 Å². The fraction of sp³-hybridized carbons (Fsp3) is 0.450. The fourth-order valence-electron chi connectivity index (χ4n) is 3.43. The number of aromatic nitrogens is 2. The number of hydrogen-bond acceptors (Lipinski definition) is 3. The van der Waals surface area contributed by atoms with Crippen molar-refractivity contribution in [3.8, 4) is 11.4 Å². The van der Waals surface area contributed by atoms with Gasteiger partial charge in [-0.3, -0.25) is 4.79 Å². The van der Waals surface area contributed by atoms with Gasteiger partial charge in [0.15, 0.2) is 5.69 Å². The van der Waals surface area contributed by atoms with Crippen molar-refractivity contribution in [1.29, 1.82) is 0 Å². The van der Waals surface area contributed by atoms with E-state index in [1.54, 1.807) is 12.1 Å². The first-order chi connectivity index (χ1) is 13.3. The maximum absolute atomic E-state index is 12.8. The van der Waals surface area contributed by atoms with Crippen LogP contribution in [0, 0.1) is 5.92 Å². The summed E-state index contributed by atoms with van der Waals surface area (Å²) in [5.74, 6) is 0.852. The van der Waals surface area contributed by atoms with Gasteiger partial charge in [0.2, 0.25) is 0 Å². The molecule has 2 aromatic rings. The Morgan fingerprint density at radius 2 is 2.00 bits per heavy atom. The van der Waals surface area contributed by atoms with E-state index in [9.17, 15) is 14.7 Å². The average molecular weight is 405 g/mol. The number of nitrogens with zero attached hydrogens (tertiary/aromatic N) is 3. The van der Waals surface area contributed by atoms with Crippen molar-refractivity contribution in [2.75, 3.05) is 13.1 Å². The number of halogens is 1. The van der Waals surface area contributed by atoms with E-state index in [4.69, 9.17) is 11.6 Å². The molecule has 3 rings (SSSR count). The standard InChI is InChI=1S/C20H25ClN4O3/c1-12(2)8-9-22-19(26)17-16-11-24(20(27)28)10-13(3)25(16)18(23-17)14-4-6-15(21)7-5-14/h4-7,12-13H,8-11H2,1-3H3,(H,22,26)(H,27,28). The summed E-state index contributed by atoms with van der Waals surface area (Å²) < 4.78 is 1.97. The fourth-order valence-corrected chi connectivity index (χ4v) is 3.55. The van der Waals surface area contributed by atoms with Crippen molar-refractivity contribution in [1.82, 2.24) is 19.8 Å². The second kappa shape index (κ2) is 8.22. The molecule has 28 heavy (non-hydrogen) atoms. The van der Waals surface area contributed by atoms with Gasteiger partial charge in [-0.2, -0.15) is 0 Å². The van der Waals surface area contributed by atoms with Crippen LogP contribution in [0.15, 0.2) is 24.3 Å². The summed E-state index contributed by atoms with van der Waals surface area (Å²) >= 11 is 6.00. The number of rotatable bonds is 5. The van der Waals surface area contributed by atoms with Gasteiger partial charge in [-0.15, -0.1) is 0 Å². The predicted octanol–water partition coefficient (Wildman–Crippen LogP) is 4.03. The Morgan fingerprint density at radius 3 is 2.61 bits per heavy atom. The highest BCUT2D eigenvalue weighted by atomic mass is 35.5. The normalized spacial score (nSPS) is 16.2. The molecule has 1 atom stereocenters. The number of benzene rings is 1. The van der Waals surface area contributed by atoms with Crippen LogP contribution in [0.3, 0.4) is 0 Å². The van der Waals surface area contributed by atoms with E-state index >= 15 is 0 Å². The smallest absolute Gasteiger partial charge is 0.407 e. The quantitative estimate of drug-likeness (QED) is 0.787. The van der Waals surface area contributed by atoms with Crippen molar-refractivity contribution < 1.29 is 14.7 Å². The van der Waals surface area contributed by atoms with Gasteiger partial charge in [0, 0.05) is 23.7 Å². The van der Waals surface area contributed by atoms with Gasteiger partial charge in [0.1, 0.15) is 5.82 Å². The van der Waals surface area contributed by atoms with Crippen LogP contribution in [0.2, 0.25) is 5.02 Å². The van der Waals surface area contributed by atoms with Gasteiger partial charge < -0.3 is 19.9 Å². The number of nitrogens with one attached hydrogen (secondary N) is 1. The van der Waals surface area contributed by atoms with E-state index in [0.717, 1.165) is 12.0 Å². The lowest BCUT2D eigenvalue weighted by atomic mass is 10.1. The first kappa shape index (κ1) is 20.2. The zero-order valence-electron chi connectivity index (χ0n) is 16.3. The Morgan fingerprint density at radius 1 is 1.32 bits per heavy atom. The molecule has 0 bridgehead atoms. The number of carbonyl (C=O) groups is 2. The molecular weight excluding hydrogens is 380 g/mol. The number of amides is 2. The molecule has 8 heteroatoms. The molecule has 2 heterocycles. The molecule has 0 fully saturated rings. The van der Waals surface area contributed by atoms with Crippen molar-refractivity contribution in [3.63, 3.8) is 0 Å². The largest absolute Gasteiger partial charge is 0.465 e. The minimum absolute atomic E-state index is 0.132. The number of imidazole rings is 1. The zero-order valence-corrected chi connectivity index (χ0v) is 17.0. The summed E-state index contributed by atoms with van der Waals surface area (Å²) in [5.41, 5.74) is 1.74. The molecule has 1 unspecified atom stereocenters. The molecule has 0 saturated heterocycles. The Bertz CT molecular complexity index is 876. The van der Waals surface area contributed by atoms with Crippen LogP contribution in [0.1, 0.15) is 49.4 Å². The van der Waals surface area contributed by atoms with Crippen LogP contribution in [0.5, 0.6) is 0 Å². The van der Waals surface area contributed by atoms with Crippen LogP contribution in [-0.2, 0) is 6.54 Å². The minimum Gasteiger partial charge on any atom is -0.465 e. The predicted molar refractivity (Wildman–Crippen MR) is 108 cm³/mol. The molecule has 1 aliphatic rings. The first-order valence-corrected chi connectivity index (χ1v) is 9.78. The molecule has 0 aliphatic carbocycles. The van der Waals surface area contributed by atoms with Gasteiger partial charge >= 0.3 is 6.09 Å². The van der Waals surface area contributed by atoms with E-state index < -0.39 is 6.09 Å². The number of carbonyl (C=O) groups excluding carboxylic acids is 1. The zero-order chi connectivity index (χ0) is 20.4. The topological polar surface area (TPSA) is 87.5 Å². The second-order valence-electron chi connectivity index (χ2n) is 7.56. The monoisotopic (exact) mass is 404 g/mol. The van der Waals surface area contributed by atoms with Gasteiger partial charge in [-0.25, -0.2) is 9.78 Å². The molecule has 2 N–H and O–H groups in total. The van der Waals surface area contributed by atoms with Crippen LogP contribution in [-0.4, -0.2) is 44.6 Å². The molecule has 2 amide bonds. The van der Waals surface area contributed by atoms with E-state index in [2.05, 4.69) is 24.1 Å². The molecule has 150 valence electrons. The molecule has 0 saturated carbocycles.